The summed E-state index contributed by atoms with van der Waals surface area (Å²) in [5.41, 5.74) is 0.612. The predicted octanol–water partition coefficient (Wildman–Crippen LogP) is 5.22. The largest absolute Gasteiger partial charge is 0.507 e. The summed E-state index contributed by atoms with van der Waals surface area (Å²) in [5.74, 6) is -2.25. The summed E-state index contributed by atoms with van der Waals surface area (Å²) in [6, 6.07) is 17.9. The summed E-state index contributed by atoms with van der Waals surface area (Å²) >= 11 is 3.32. The van der Waals surface area contributed by atoms with Gasteiger partial charge in [0.1, 0.15) is 17.3 Å². The van der Waals surface area contributed by atoms with Crippen molar-refractivity contribution in [3.63, 3.8) is 0 Å². The maximum Gasteiger partial charge on any atom is 0.300 e. The molecule has 0 aliphatic carbocycles. The van der Waals surface area contributed by atoms with E-state index in [1.54, 1.807) is 54.6 Å². The molecule has 4 rings (SSSR count). The van der Waals surface area contributed by atoms with Gasteiger partial charge in [0, 0.05) is 27.4 Å². The summed E-state index contributed by atoms with van der Waals surface area (Å²) in [5, 5.41) is 11.0. The second kappa shape index (κ2) is 8.35. The van der Waals surface area contributed by atoms with Crippen LogP contribution in [0.4, 0.5) is 10.1 Å². The number of Topliss-reactive ketones (excluding diaryl/α,β-unsaturated/α-hetero) is 1. The zero-order chi connectivity index (χ0) is 22.1. The van der Waals surface area contributed by atoms with E-state index in [1.807, 2.05) is 0 Å². The predicted molar refractivity (Wildman–Crippen MR) is 118 cm³/mol. The molecule has 1 N–H and O–H groups in total. The molecule has 1 amide bonds. The average Bonchev–Trinajstić information content (AvgIpc) is 3.04. The van der Waals surface area contributed by atoms with Gasteiger partial charge in [-0.05, 0) is 30.3 Å². The monoisotopic (exact) mass is 481 g/mol. The molecule has 0 bridgehead atoms. The van der Waals surface area contributed by atoms with Crippen LogP contribution in [0.5, 0.6) is 5.75 Å². The molecule has 1 aliphatic rings. The van der Waals surface area contributed by atoms with Crippen LogP contribution in [0, 0.1) is 5.82 Å². The highest BCUT2D eigenvalue weighted by atomic mass is 79.9. The zero-order valence-electron chi connectivity index (χ0n) is 16.4. The number of rotatable bonds is 4. The lowest BCUT2D eigenvalue weighted by Crippen LogP contribution is -2.29. The van der Waals surface area contributed by atoms with Gasteiger partial charge in [-0.2, -0.15) is 0 Å². The van der Waals surface area contributed by atoms with Crippen LogP contribution in [0.15, 0.2) is 82.8 Å². The first-order valence-electron chi connectivity index (χ1n) is 9.38. The molecular formula is C24H17BrFNO4. The molecule has 156 valence electrons. The molecule has 31 heavy (non-hydrogen) atoms. The molecule has 1 unspecified atom stereocenters. The van der Waals surface area contributed by atoms with Crippen molar-refractivity contribution < 1.29 is 23.8 Å². The Kier molecular flexibility index (Phi) is 5.61. The second-order valence-electron chi connectivity index (χ2n) is 6.90. The topological polar surface area (TPSA) is 66.8 Å². The van der Waals surface area contributed by atoms with Gasteiger partial charge in [0.2, 0.25) is 0 Å². The molecule has 1 saturated heterocycles. The Bertz CT molecular complexity index is 1210. The molecule has 3 aromatic carbocycles. The second-order valence-corrected chi connectivity index (χ2v) is 7.81. The van der Waals surface area contributed by atoms with Crippen molar-refractivity contribution in [2.45, 2.75) is 6.04 Å². The molecule has 0 aromatic heterocycles. The highest BCUT2D eigenvalue weighted by molar-refractivity contribution is 9.10. The first-order valence-corrected chi connectivity index (χ1v) is 10.2. The van der Waals surface area contributed by atoms with E-state index >= 15 is 0 Å². The fourth-order valence-electron chi connectivity index (χ4n) is 3.61. The van der Waals surface area contributed by atoms with E-state index in [0.717, 1.165) is 4.47 Å². The van der Waals surface area contributed by atoms with Crippen molar-refractivity contribution in [3.8, 4) is 5.75 Å². The van der Waals surface area contributed by atoms with Crippen LogP contribution < -0.4 is 9.64 Å². The SMILES string of the molecule is COc1cccc(N2C(=O)C(=O)/C(=C(/O)c3ccc(Br)cc3)C2c2ccccc2F)c1. The van der Waals surface area contributed by atoms with Gasteiger partial charge in [-0.25, -0.2) is 4.39 Å². The molecule has 1 atom stereocenters. The molecule has 0 radical (unpaired) electrons. The standard InChI is InChI=1S/C24H17BrFNO4/c1-31-17-6-4-5-16(13-17)27-21(18-7-2-3-8-19(18)26)20(23(29)24(27)30)22(28)14-9-11-15(25)12-10-14/h2-13,21,28H,1H3/b22-20+. The Morgan fingerprint density at radius 1 is 1.03 bits per heavy atom. The fraction of sp³-hybridized carbons (Fsp3) is 0.0833. The first-order chi connectivity index (χ1) is 14.9. The normalized spacial score (nSPS) is 17.8. The van der Waals surface area contributed by atoms with Gasteiger partial charge in [-0.15, -0.1) is 0 Å². The molecule has 0 saturated carbocycles. The minimum absolute atomic E-state index is 0.100. The van der Waals surface area contributed by atoms with Crippen molar-refractivity contribution in [1.29, 1.82) is 0 Å². The van der Waals surface area contributed by atoms with Gasteiger partial charge in [0.15, 0.2) is 0 Å². The highest BCUT2D eigenvalue weighted by Gasteiger charge is 2.47. The van der Waals surface area contributed by atoms with Gasteiger partial charge >= 0.3 is 0 Å². The molecule has 1 fully saturated rings. The number of hydrogen-bond acceptors (Lipinski definition) is 4. The maximum absolute atomic E-state index is 14.8. The number of methoxy groups -OCH3 is 1. The molecular weight excluding hydrogens is 465 g/mol. The lowest BCUT2D eigenvalue weighted by Gasteiger charge is -2.26. The van der Waals surface area contributed by atoms with Crippen molar-refractivity contribution >= 4 is 39.1 Å². The van der Waals surface area contributed by atoms with Crippen LogP contribution in [0.1, 0.15) is 17.2 Å². The number of nitrogens with zero attached hydrogens (tertiary/aromatic N) is 1. The Morgan fingerprint density at radius 3 is 2.42 bits per heavy atom. The third kappa shape index (κ3) is 3.72. The van der Waals surface area contributed by atoms with E-state index < -0.39 is 23.5 Å². The van der Waals surface area contributed by atoms with Gasteiger partial charge in [-0.3, -0.25) is 14.5 Å². The smallest absolute Gasteiger partial charge is 0.300 e. The van der Waals surface area contributed by atoms with Gasteiger partial charge < -0.3 is 9.84 Å². The van der Waals surface area contributed by atoms with E-state index in [-0.39, 0.29) is 16.9 Å². The van der Waals surface area contributed by atoms with E-state index in [1.165, 1.54) is 30.2 Å². The van der Waals surface area contributed by atoms with E-state index in [4.69, 9.17) is 4.74 Å². The summed E-state index contributed by atoms with van der Waals surface area (Å²) in [7, 11) is 1.48. The zero-order valence-corrected chi connectivity index (χ0v) is 18.0. The average molecular weight is 482 g/mol. The fourth-order valence-corrected chi connectivity index (χ4v) is 3.88. The minimum Gasteiger partial charge on any atom is -0.507 e. The number of halogens is 2. The summed E-state index contributed by atoms with van der Waals surface area (Å²) < 4.78 is 20.9. The molecule has 3 aromatic rings. The number of ether oxygens (including phenoxy) is 1. The number of carbonyl (C=O) groups is 2. The van der Waals surface area contributed by atoms with Crippen molar-refractivity contribution in [2.75, 3.05) is 12.0 Å². The third-order valence-corrected chi connectivity index (χ3v) is 5.62. The highest BCUT2D eigenvalue weighted by Crippen LogP contribution is 2.43. The van der Waals surface area contributed by atoms with Crippen LogP contribution in [0.2, 0.25) is 0 Å². The molecule has 0 spiro atoms. The van der Waals surface area contributed by atoms with Crippen molar-refractivity contribution in [2.24, 2.45) is 0 Å². The summed E-state index contributed by atoms with van der Waals surface area (Å²) in [6.45, 7) is 0. The maximum atomic E-state index is 14.8. The van der Waals surface area contributed by atoms with Crippen molar-refractivity contribution in [1.82, 2.24) is 0 Å². The quantitative estimate of drug-likeness (QED) is 0.315. The number of anilines is 1. The van der Waals surface area contributed by atoms with Gasteiger partial charge in [0.25, 0.3) is 11.7 Å². The first kappa shape index (κ1) is 20.8. The number of aliphatic hydroxyl groups is 1. The van der Waals surface area contributed by atoms with Crippen LogP contribution in [0.25, 0.3) is 5.76 Å². The van der Waals surface area contributed by atoms with Crippen LogP contribution >= 0.6 is 15.9 Å². The van der Waals surface area contributed by atoms with Gasteiger partial charge in [-0.1, -0.05) is 52.3 Å². The number of hydrogen-bond donors (Lipinski definition) is 1. The summed E-state index contributed by atoms with van der Waals surface area (Å²) in [4.78, 5) is 27.3. The minimum atomic E-state index is -1.14. The van der Waals surface area contributed by atoms with Crippen LogP contribution in [-0.4, -0.2) is 23.9 Å². The van der Waals surface area contributed by atoms with E-state index in [2.05, 4.69) is 15.9 Å². The number of amides is 1. The number of ketones is 1. The number of carbonyl (C=O) groups excluding carboxylic acids is 2. The van der Waals surface area contributed by atoms with E-state index in [9.17, 15) is 19.1 Å². The molecule has 5 nitrogen and oxygen atoms in total. The van der Waals surface area contributed by atoms with Gasteiger partial charge in [0.05, 0.1) is 18.7 Å². The lowest BCUT2D eigenvalue weighted by atomic mass is 9.94. The van der Waals surface area contributed by atoms with Crippen LogP contribution in [0.3, 0.4) is 0 Å². The van der Waals surface area contributed by atoms with Crippen molar-refractivity contribution in [3.05, 3.63) is 99.8 Å². The lowest BCUT2D eigenvalue weighted by molar-refractivity contribution is -0.132. The molecule has 1 aliphatic heterocycles. The Hall–Kier alpha value is -3.45. The molecule has 1 heterocycles. The Balaban J connectivity index is 1.97. The Morgan fingerprint density at radius 2 is 1.74 bits per heavy atom. The van der Waals surface area contributed by atoms with E-state index in [0.29, 0.717) is 17.0 Å². The number of benzene rings is 3. The summed E-state index contributed by atoms with van der Waals surface area (Å²) in [6.07, 6.45) is 0. The Labute approximate surface area is 186 Å². The molecule has 7 heteroatoms. The number of aliphatic hydroxyl groups excluding tert-OH is 1. The van der Waals surface area contributed by atoms with Crippen LogP contribution in [-0.2, 0) is 9.59 Å². The third-order valence-electron chi connectivity index (χ3n) is 5.09.